The van der Waals surface area contributed by atoms with Crippen molar-refractivity contribution < 1.29 is 19.1 Å². The molecule has 1 aromatic heterocycles. The first-order valence-corrected chi connectivity index (χ1v) is 7.00. The number of aryl methyl sites for hydroxylation is 1. The molecule has 0 spiro atoms. The number of carbonyl (C=O) groups is 3. The van der Waals surface area contributed by atoms with Crippen LogP contribution < -0.4 is 10.6 Å². The van der Waals surface area contributed by atoms with E-state index in [-0.39, 0.29) is 19.1 Å². The van der Waals surface area contributed by atoms with Gasteiger partial charge >= 0.3 is 5.97 Å². The molecule has 0 fully saturated rings. The van der Waals surface area contributed by atoms with Crippen LogP contribution in [0.3, 0.4) is 0 Å². The Kier molecular flexibility index (Phi) is 6.10. The molecule has 0 radical (unpaired) electrons. The molecule has 0 aliphatic heterocycles. The SMILES string of the molecule is CCOC(=O)CNC(=O)c1sc(NC(=O)CC)nc1C. The van der Waals surface area contributed by atoms with Gasteiger partial charge in [0.05, 0.1) is 12.3 Å². The summed E-state index contributed by atoms with van der Waals surface area (Å²) in [6.07, 6.45) is 0.336. The maximum Gasteiger partial charge on any atom is 0.325 e. The molecule has 1 rings (SSSR count). The normalized spacial score (nSPS) is 9.95. The van der Waals surface area contributed by atoms with Crippen molar-refractivity contribution in [2.45, 2.75) is 27.2 Å². The van der Waals surface area contributed by atoms with E-state index < -0.39 is 11.9 Å². The van der Waals surface area contributed by atoms with Crippen LogP contribution in [-0.4, -0.2) is 35.9 Å². The van der Waals surface area contributed by atoms with Gasteiger partial charge in [-0.2, -0.15) is 0 Å². The topological polar surface area (TPSA) is 97.4 Å². The average molecular weight is 299 g/mol. The highest BCUT2D eigenvalue weighted by Crippen LogP contribution is 2.22. The van der Waals surface area contributed by atoms with Crippen molar-refractivity contribution in [1.82, 2.24) is 10.3 Å². The second kappa shape index (κ2) is 7.59. The summed E-state index contributed by atoms with van der Waals surface area (Å²) in [5.74, 6) is -1.08. The monoisotopic (exact) mass is 299 g/mol. The van der Waals surface area contributed by atoms with Crippen molar-refractivity contribution in [3.05, 3.63) is 10.6 Å². The smallest absolute Gasteiger partial charge is 0.325 e. The van der Waals surface area contributed by atoms with Crippen LogP contribution in [0.2, 0.25) is 0 Å². The highest BCUT2D eigenvalue weighted by atomic mass is 32.1. The minimum atomic E-state index is -0.498. The quantitative estimate of drug-likeness (QED) is 0.766. The molecular weight excluding hydrogens is 282 g/mol. The minimum absolute atomic E-state index is 0.169. The second-order valence-corrected chi connectivity index (χ2v) is 4.82. The maximum absolute atomic E-state index is 11.9. The molecule has 0 bridgehead atoms. The molecule has 0 saturated heterocycles. The van der Waals surface area contributed by atoms with E-state index in [0.29, 0.717) is 22.1 Å². The Labute approximate surface area is 120 Å². The summed E-state index contributed by atoms with van der Waals surface area (Å²) in [6.45, 7) is 5.15. The number of aromatic nitrogens is 1. The lowest BCUT2D eigenvalue weighted by atomic mass is 10.4. The third kappa shape index (κ3) is 4.61. The lowest BCUT2D eigenvalue weighted by Crippen LogP contribution is -2.30. The van der Waals surface area contributed by atoms with Gasteiger partial charge in [0, 0.05) is 6.42 Å². The summed E-state index contributed by atoms with van der Waals surface area (Å²) in [5.41, 5.74) is 0.503. The van der Waals surface area contributed by atoms with Crippen LogP contribution in [0.5, 0.6) is 0 Å². The molecule has 8 heteroatoms. The van der Waals surface area contributed by atoms with Gasteiger partial charge in [0.1, 0.15) is 11.4 Å². The molecule has 0 aliphatic rings. The Morgan fingerprint density at radius 1 is 1.30 bits per heavy atom. The van der Waals surface area contributed by atoms with E-state index in [4.69, 9.17) is 4.74 Å². The van der Waals surface area contributed by atoms with Crippen LogP contribution >= 0.6 is 11.3 Å². The maximum atomic E-state index is 11.9. The first-order valence-electron chi connectivity index (χ1n) is 6.19. The molecule has 0 atom stereocenters. The van der Waals surface area contributed by atoms with Gasteiger partial charge in [0.15, 0.2) is 5.13 Å². The molecule has 2 N–H and O–H groups in total. The molecule has 110 valence electrons. The molecule has 2 amide bonds. The fraction of sp³-hybridized carbons (Fsp3) is 0.500. The van der Waals surface area contributed by atoms with Gasteiger partial charge in [0.2, 0.25) is 5.91 Å². The van der Waals surface area contributed by atoms with Crippen molar-refractivity contribution in [2.24, 2.45) is 0 Å². The first-order chi connectivity index (χ1) is 9.47. The lowest BCUT2D eigenvalue weighted by Gasteiger charge is -2.03. The molecule has 0 unspecified atom stereocenters. The van der Waals surface area contributed by atoms with E-state index in [0.717, 1.165) is 11.3 Å². The van der Waals surface area contributed by atoms with E-state index in [2.05, 4.69) is 15.6 Å². The summed E-state index contributed by atoms with van der Waals surface area (Å²) in [6, 6.07) is 0. The van der Waals surface area contributed by atoms with Crippen molar-refractivity contribution in [2.75, 3.05) is 18.5 Å². The summed E-state index contributed by atoms with van der Waals surface area (Å²) < 4.78 is 4.71. The highest BCUT2D eigenvalue weighted by molar-refractivity contribution is 7.17. The Morgan fingerprint density at radius 2 is 2.00 bits per heavy atom. The highest BCUT2D eigenvalue weighted by Gasteiger charge is 2.17. The predicted octanol–water partition coefficient (Wildman–Crippen LogP) is 1.09. The minimum Gasteiger partial charge on any atom is -0.465 e. The van der Waals surface area contributed by atoms with E-state index in [1.807, 2.05) is 0 Å². The Balaban J connectivity index is 2.64. The Bertz CT molecular complexity index is 513. The van der Waals surface area contributed by atoms with Gasteiger partial charge < -0.3 is 15.4 Å². The van der Waals surface area contributed by atoms with Crippen molar-refractivity contribution in [3.8, 4) is 0 Å². The Hall–Kier alpha value is -1.96. The van der Waals surface area contributed by atoms with Gasteiger partial charge in [-0.05, 0) is 13.8 Å². The number of thiazole rings is 1. The van der Waals surface area contributed by atoms with Gasteiger partial charge in [-0.1, -0.05) is 18.3 Å². The second-order valence-electron chi connectivity index (χ2n) is 3.82. The third-order valence-electron chi connectivity index (χ3n) is 2.27. The van der Waals surface area contributed by atoms with Gasteiger partial charge in [-0.25, -0.2) is 4.98 Å². The van der Waals surface area contributed by atoms with Crippen LogP contribution in [0.4, 0.5) is 5.13 Å². The third-order valence-corrected chi connectivity index (χ3v) is 3.34. The number of carbonyl (C=O) groups excluding carboxylic acids is 3. The van der Waals surface area contributed by atoms with Crippen molar-refractivity contribution in [1.29, 1.82) is 0 Å². The fourth-order valence-corrected chi connectivity index (χ4v) is 2.21. The van der Waals surface area contributed by atoms with E-state index in [9.17, 15) is 14.4 Å². The molecule has 0 aliphatic carbocycles. The van der Waals surface area contributed by atoms with Gasteiger partial charge in [-0.15, -0.1) is 0 Å². The number of esters is 1. The standard InChI is InChI=1S/C12H17N3O4S/c1-4-8(16)15-12-14-7(3)10(20-12)11(18)13-6-9(17)19-5-2/h4-6H2,1-3H3,(H,13,18)(H,14,15,16). The number of hydrogen-bond acceptors (Lipinski definition) is 6. The lowest BCUT2D eigenvalue weighted by molar-refractivity contribution is -0.141. The molecule has 1 aromatic rings. The Morgan fingerprint density at radius 3 is 2.60 bits per heavy atom. The average Bonchev–Trinajstić information content (AvgIpc) is 2.77. The molecule has 1 heterocycles. The largest absolute Gasteiger partial charge is 0.465 e. The van der Waals surface area contributed by atoms with Crippen LogP contribution in [0.1, 0.15) is 35.6 Å². The number of anilines is 1. The number of rotatable bonds is 6. The number of ether oxygens (including phenoxy) is 1. The zero-order chi connectivity index (χ0) is 15.1. The molecular formula is C12H17N3O4S. The molecule has 0 aromatic carbocycles. The molecule has 20 heavy (non-hydrogen) atoms. The van der Waals surface area contributed by atoms with E-state index >= 15 is 0 Å². The summed E-state index contributed by atoms with van der Waals surface area (Å²) in [4.78, 5) is 38.7. The first kappa shape index (κ1) is 16.1. The van der Waals surface area contributed by atoms with E-state index in [1.54, 1.807) is 20.8 Å². The predicted molar refractivity (Wildman–Crippen MR) is 74.7 cm³/mol. The van der Waals surface area contributed by atoms with Gasteiger partial charge in [-0.3, -0.25) is 14.4 Å². The van der Waals surface area contributed by atoms with Crippen LogP contribution in [0.15, 0.2) is 0 Å². The van der Waals surface area contributed by atoms with Crippen LogP contribution in [0.25, 0.3) is 0 Å². The zero-order valence-electron chi connectivity index (χ0n) is 11.6. The van der Waals surface area contributed by atoms with Crippen molar-refractivity contribution in [3.63, 3.8) is 0 Å². The number of nitrogens with one attached hydrogen (secondary N) is 2. The molecule has 7 nitrogen and oxygen atoms in total. The zero-order valence-corrected chi connectivity index (χ0v) is 12.4. The number of hydrogen-bond donors (Lipinski definition) is 2. The van der Waals surface area contributed by atoms with Crippen LogP contribution in [0, 0.1) is 6.92 Å². The van der Waals surface area contributed by atoms with Gasteiger partial charge in [0.25, 0.3) is 5.91 Å². The number of amides is 2. The fourth-order valence-electron chi connectivity index (χ4n) is 1.31. The van der Waals surface area contributed by atoms with Crippen molar-refractivity contribution >= 4 is 34.3 Å². The van der Waals surface area contributed by atoms with E-state index in [1.165, 1.54) is 0 Å². The summed E-state index contributed by atoms with van der Waals surface area (Å²) >= 11 is 1.07. The van der Waals surface area contributed by atoms with Crippen LogP contribution in [-0.2, 0) is 14.3 Å². The summed E-state index contributed by atoms with van der Waals surface area (Å²) in [5, 5.41) is 5.41. The summed E-state index contributed by atoms with van der Waals surface area (Å²) in [7, 11) is 0. The number of nitrogens with zero attached hydrogens (tertiary/aromatic N) is 1. The molecule has 0 saturated carbocycles.